The van der Waals surface area contributed by atoms with Gasteiger partial charge in [0, 0.05) is 23.7 Å². The maximum Gasteiger partial charge on any atom is 0.255 e. The van der Waals surface area contributed by atoms with Gasteiger partial charge in [-0.3, -0.25) is 4.79 Å². The van der Waals surface area contributed by atoms with Crippen LogP contribution in [0, 0.1) is 0 Å². The van der Waals surface area contributed by atoms with Crippen molar-refractivity contribution in [3.63, 3.8) is 0 Å². The number of ether oxygens (including phenoxy) is 1. The number of nitrogens with zero attached hydrogens (tertiary/aromatic N) is 6. The molecule has 0 radical (unpaired) electrons. The molecule has 3 heterocycles. The van der Waals surface area contributed by atoms with Gasteiger partial charge in [0.1, 0.15) is 22.7 Å². The van der Waals surface area contributed by atoms with Crippen LogP contribution in [0.4, 0.5) is 5.95 Å². The maximum absolute atomic E-state index is 12.4. The topological polar surface area (TPSA) is 114 Å². The minimum Gasteiger partial charge on any atom is -0.494 e. The molecule has 4 aromatic rings. The number of hydrogen-bond acceptors (Lipinski definition) is 7. The Hall–Kier alpha value is -3.75. The fourth-order valence-electron chi connectivity index (χ4n) is 3.12. The molecule has 0 spiro atoms. The van der Waals surface area contributed by atoms with Crippen molar-refractivity contribution in [2.45, 2.75) is 20.0 Å². The molecule has 0 saturated carbocycles. The van der Waals surface area contributed by atoms with E-state index in [1.165, 1.54) is 0 Å². The van der Waals surface area contributed by atoms with Crippen molar-refractivity contribution in [1.29, 1.82) is 0 Å². The van der Waals surface area contributed by atoms with Crippen LogP contribution in [0.15, 0.2) is 47.5 Å². The van der Waals surface area contributed by atoms with Crippen molar-refractivity contribution in [2.24, 2.45) is 0 Å². The fourth-order valence-corrected chi connectivity index (χ4v) is 3.12. The van der Waals surface area contributed by atoms with Crippen molar-refractivity contribution in [1.82, 2.24) is 29.5 Å². The third kappa shape index (κ3) is 3.07. The van der Waals surface area contributed by atoms with E-state index in [0.29, 0.717) is 41.3 Å². The van der Waals surface area contributed by atoms with Gasteiger partial charge in [0.2, 0.25) is 5.95 Å². The van der Waals surface area contributed by atoms with Gasteiger partial charge < -0.3 is 15.0 Å². The van der Waals surface area contributed by atoms with Gasteiger partial charge in [-0.25, -0.2) is 14.6 Å². The van der Waals surface area contributed by atoms with Crippen LogP contribution in [0.25, 0.3) is 22.3 Å². The second-order valence-electron chi connectivity index (χ2n) is 6.21. The fraction of sp³-hybridized carbons (Fsp3) is 0.211. The first-order valence-electron chi connectivity index (χ1n) is 8.79. The zero-order valence-electron chi connectivity index (χ0n) is 15.5. The van der Waals surface area contributed by atoms with Crippen molar-refractivity contribution in [3.05, 3.63) is 58.6 Å². The highest BCUT2D eigenvalue weighted by atomic mass is 16.5. The highest BCUT2D eigenvalue weighted by molar-refractivity contribution is 5.95. The Morgan fingerprint density at radius 1 is 1.18 bits per heavy atom. The minimum absolute atomic E-state index is 0.0384. The minimum atomic E-state index is -0.0384. The molecule has 9 heteroatoms. The lowest BCUT2D eigenvalue weighted by molar-refractivity contribution is 0.419. The van der Waals surface area contributed by atoms with E-state index in [-0.39, 0.29) is 11.5 Å². The first kappa shape index (κ1) is 17.7. The number of pyridine rings is 1. The van der Waals surface area contributed by atoms with Crippen molar-refractivity contribution in [3.8, 4) is 17.1 Å². The van der Waals surface area contributed by atoms with Crippen molar-refractivity contribution >= 4 is 16.9 Å². The molecule has 0 bridgehead atoms. The summed E-state index contributed by atoms with van der Waals surface area (Å²) in [6, 6.07) is 9.18. The molecule has 3 aromatic heterocycles. The standard InChI is InChI=1S/C19H19N7O2/c1-3-25-9-5-6-12(18(25)27)10-26-11-14(23-24-26)16-13-7-4-8-15(28-2)17(13)22-19(20)21-16/h4-9,11H,3,10H2,1-2H3,(H2,20,21,22). The Balaban J connectivity index is 1.75. The number of fused-ring (bicyclic) bond motifs is 1. The van der Waals surface area contributed by atoms with Crippen LogP contribution in [-0.4, -0.2) is 36.6 Å². The number of rotatable bonds is 5. The molecular weight excluding hydrogens is 358 g/mol. The second kappa shape index (κ2) is 7.10. The van der Waals surface area contributed by atoms with Gasteiger partial charge in [0.15, 0.2) is 0 Å². The third-order valence-electron chi connectivity index (χ3n) is 4.48. The molecule has 0 aliphatic heterocycles. The Labute approximate surface area is 160 Å². The SMILES string of the molecule is CCn1cccc(Cn2cc(-c3nc(N)nc4c(OC)cccc34)nn2)c1=O. The predicted octanol–water partition coefficient (Wildman–Crippen LogP) is 1.71. The quantitative estimate of drug-likeness (QED) is 0.563. The van der Waals surface area contributed by atoms with E-state index in [0.717, 1.165) is 5.39 Å². The highest BCUT2D eigenvalue weighted by Crippen LogP contribution is 2.30. The number of nitrogens with two attached hydrogens (primary N) is 1. The molecule has 1 aromatic carbocycles. The molecule has 0 aliphatic rings. The zero-order chi connectivity index (χ0) is 19.7. The molecule has 4 rings (SSSR count). The summed E-state index contributed by atoms with van der Waals surface area (Å²) in [4.78, 5) is 21.0. The highest BCUT2D eigenvalue weighted by Gasteiger charge is 2.15. The van der Waals surface area contributed by atoms with Gasteiger partial charge >= 0.3 is 0 Å². The molecule has 9 nitrogen and oxygen atoms in total. The van der Waals surface area contributed by atoms with E-state index in [4.69, 9.17) is 10.5 Å². The van der Waals surface area contributed by atoms with Crippen LogP contribution in [0.1, 0.15) is 12.5 Å². The molecule has 0 saturated heterocycles. The molecule has 0 amide bonds. The molecule has 2 N–H and O–H groups in total. The van der Waals surface area contributed by atoms with Gasteiger partial charge in [0.05, 0.1) is 19.9 Å². The lowest BCUT2D eigenvalue weighted by Crippen LogP contribution is -2.23. The van der Waals surface area contributed by atoms with Gasteiger partial charge in [0.25, 0.3) is 5.56 Å². The molecule has 0 aliphatic carbocycles. The summed E-state index contributed by atoms with van der Waals surface area (Å²) in [5.41, 5.74) is 8.20. The van der Waals surface area contributed by atoms with E-state index in [1.54, 1.807) is 34.8 Å². The van der Waals surface area contributed by atoms with Gasteiger partial charge in [-0.15, -0.1) is 5.10 Å². The Morgan fingerprint density at radius 3 is 2.82 bits per heavy atom. The van der Waals surface area contributed by atoms with Crippen LogP contribution in [0.5, 0.6) is 5.75 Å². The van der Waals surface area contributed by atoms with Crippen molar-refractivity contribution < 1.29 is 4.74 Å². The summed E-state index contributed by atoms with van der Waals surface area (Å²) in [5, 5.41) is 9.13. The van der Waals surface area contributed by atoms with Crippen LogP contribution in [-0.2, 0) is 13.1 Å². The zero-order valence-corrected chi connectivity index (χ0v) is 15.5. The Morgan fingerprint density at radius 2 is 2.04 bits per heavy atom. The summed E-state index contributed by atoms with van der Waals surface area (Å²) >= 11 is 0. The molecular formula is C19H19N7O2. The van der Waals surface area contributed by atoms with Gasteiger partial charge in [-0.05, 0) is 19.1 Å². The first-order valence-corrected chi connectivity index (χ1v) is 8.79. The number of para-hydroxylation sites is 1. The number of benzene rings is 1. The number of hydrogen-bond donors (Lipinski definition) is 1. The van der Waals surface area contributed by atoms with Gasteiger partial charge in [-0.1, -0.05) is 23.4 Å². The summed E-state index contributed by atoms with van der Waals surface area (Å²) in [7, 11) is 1.58. The van der Waals surface area contributed by atoms with E-state index < -0.39 is 0 Å². The number of methoxy groups -OCH3 is 1. The van der Waals surface area contributed by atoms with E-state index in [2.05, 4.69) is 20.3 Å². The van der Waals surface area contributed by atoms with Crippen LogP contribution >= 0.6 is 0 Å². The monoisotopic (exact) mass is 377 g/mol. The van der Waals surface area contributed by atoms with Crippen molar-refractivity contribution in [2.75, 3.05) is 12.8 Å². The number of aromatic nitrogens is 6. The number of anilines is 1. The van der Waals surface area contributed by atoms with Crippen LogP contribution < -0.4 is 16.0 Å². The van der Waals surface area contributed by atoms with E-state index in [1.807, 2.05) is 31.2 Å². The van der Waals surface area contributed by atoms with Crippen LogP contribution in [0.2, 0.25) is 0 Å². The summed E-state index contributed by atoms with van der Waals surface area (Å²) < 4.78 is 8.63. The molecule has 0 atom stereocenters. The molecule has 0 unspecified atom stereocenters. The van der Waals surface area contributed by atoms with Gasteiger partial charge in [-0.2, -0.15) is 0 Å². The summed E-state index contributed by atoms with van der Waals surface area (Å²) in [6.07, 6.45) is 3.51. The Kier molecular flexibility index (Phi) is 4.48. The Bertz CT molecular complexity index is 1210. The molecule has 142 valence electrons. The summed E-state index contributed by atoms with van der Waals surface area (Å²) in [5.74, 6) is 0.722. The number of aryl methyl sites for hydroxylation is 1. The summed E-state index contributed by atoms with van der Waals surface area (Å²) in [6.45, 7) is 2.86. The predicted molar refractivity (Wildman–Crippen MR) is 105 cm³/mol. The van der Waals surface area contributed by atoms with E-state index >= 15 is 0 Å². The average molecular weight is 377 g/mol. The lowest BCUT2D eigenvalue weighted by atomic mass is 10.1. The lowest BCUT2D eigenvalue weighted by Gasteiger charge is -2.07. The largest absolute Gasteiger partial charge is 0.494 e. The third-order valence-corrected chi connectivity index (χ3v) is 4.48. The molecule has 28 heavy (non-hydrogen) atoms. The van der Waals surface area contributed by atoms with Crippen LogP contribution in [0.3, 0.4) is 0 Å². The maximum atomic E-state index is 12.4. The van der Waals surface area contributed by atoms with E-state index in [9.17, 15) is 4.79 Å². The normalized spacial score (nSPS) is 11.1. The first-order chi connectivity index (χ1) is 13.6. The second-order valence-corrected chi connectivity index (χ2v) is 6.21. The average Bonchev–Trinajstić information content (AvgIpc) is 3.17. The molecule has 0 fully saturated rings. The smallest absolute Gasteiger partial charge is 0.255 e. The number of nitrogen functional groups attached to an aromatic ring is 1.